The van der Waals surface area contributed by atoms with E-state index in [0.717, 1.165) is 22.0 Å². The predicted molar refractivity (Wildman–Crippen MR) is 80.3 cm³/mol. The van der Waals surface area contributed by atoms with Crippen LogP contribution in [0.5, 0.6) is 5.75 Å². The standard InChI is InChI=1S/C17H13NO3/c19-16(20)11-21-14-8-6-12(7-9-14)15-5-1-3-13-4-2-10-18-17(13)15/h1-10H,11H2,(H,19,20). The molecule has 0 aliphatic carbocycles. The molecule has 1 N–H and O–H groups in total. The van der Waals surface area contributed by atoms with Gasteiger partial charge in [-0.05, 0) is 23.8 Å². The SMILES string of the molecule is O=C(O)COc1ccc(-c2cccc3cccnc23)cc1. The number of benzene rings is 2. The third-order valence-electron chi connectivity index (χ3n) is 3.16. The van der Waals surface area contributed by atoms with Crippen molar-refractivity contribution < 1.29 is 14.6 Å². The zero-order chi connectivity index (χ0) is 14.7. The number of fused-ring (bicyclic) bond motifs is 1. The number of nitrogens with zero attached hydrogens (tertiary/aromatic N) is 1. The summed E-state index contributed by atoms with van der Waals surface area (Å²) in [5.74, 6) is -0.452. The van der Waals surface area contributed by atoms with E-state index in [9.17, 15) is 4.79 Å². The zero-order valence-corrected chi connectivity index (χ0v) is 11.2. The van der Waals surface area contributed by atoms with Crippen LogP contribution in [-0.4, -0.2) is 22.7 Å². The van der Waals surface area contributed by atoms with Crippen molar-refractivity contribution in [2.24, 2.45) is 0 Å². The van der Waals surface area contributed by atoms with Crippen LogP contribution in [0.3, 0.4) is 0 Å². The lowest BCUT2D eigenvalue weighted by molar-refractivity contribution is -0.139. The molecule has 0 unspecified atom stereocenters. The van der Waals surface area contributed by atoms with Gasteiger partial charge < -0.3 is 9.84 Å². The normalized spacial score (nSPS) is 10.5. The monoisotopic (exact) mass is 279 g/mol. The largest absolute Gasteiger partial charge is 0.482 e. The summed E-state index contributed by atoms with van der Waals surface area (Å²) in [6.07, 6.45) is 1.77. The molecular formula is C17H13NO3. The summed E-state index contributed by atoms with van der Waals surface area (Å²) in [6, 6.07) is 17.3. The Morgan fingerprint density at radius 2 is 1.81 bits per heavy atom. The molecule has 3 rings (SSSR count). The fraction of sp³-hybridized carbons (Fsp3) is 0.0588. The van der Waals surface area contributed by atoms with Gasteiger partial charge in [-0.25, -0.2) is 4.79 Å². The van der Waals surface area contributed by atoms with Gasteiger partial charge in [0.2, 0.25) is 0 Å². The molecule has 0 aliphatic rings. The highest BCUT2D eigenvalue weighted by molar-refractivity contribution is 5.93. The van der Waals surface area contributed by atoms with E-state index in [1.807, 2.05) is 42.5 Å². The Labute approximate surface area is 121 Å². The molecule has 0 atom stereocenters. The van der Waals surface area contributed by atoms with Crippen LogP contribution in [0.4, 0.5) is 0 Å². The van der Waals surface area contributed by atoms with Crippen molar-refractivity contribution in [2.75, 3.05) is 6.61 Å². The number of carbonyl (C=O) groups is 1. The van der Waals surface area contributed by atoms with E-state index in [1.54, 1.807) is 18.3 Å². The Morgan fingerprint density at radius 3 is 2.57 bits per heavy atom. The van der Waals surface area contributed by atoms with Crippen molar-refractivity contribution in [2.45, 2.75) is 0 Å². The number of carboxylic acid groups (broad SMARTS) is 1. The van der Waals surface area contributed by atoms with Gasteiger partial charge in [0.15, 0.2) is 6.61 Å². The Kier molecular flexibility index (Phi) is 3.51. The number of ether oxygens (including phenoxy) is 1. The molecular weight excluding hydrogens is 266 g/mol. The molecule has 1 aromatic heterocycles. The quantitative estimate of drug-likeness (QED) is 0.795. The number of pyridine rings is 1. The van der Waals surface area contributed by atoms with Crippen LogP contribution < -0.4 is 4.74 Å². The van der Waals surface area contributed by atoms with Crippen molar-refractivity contribution in [1.29, 1.82) is 0 Å². The van der Waals surface area contributed by atoms with Gasteiger partial charge >= 0.3 is 5.97 Å². The summed E-state index contributed by atoms with van der Waals surface area (Å²) in [4.78, 5) is 14.9. The van der Waals surface area contributed by atoms with Gasteiger partial charge in [-0.15, -0.1) is 0 Å². The number of rotatable bonds is 4. The first-order valence-corrected chi connectivity index (χ1v) is 6.53. The van der Waals surface area contributed by atoms with Gasteiger partial charge in [-0.2, -0.15) is 0 Å². The van der Waals surface area contributed by atoms with Gasteiger partial charge in [0.25, 0.3) is 0 Å². The van der Waals surface area contributed by atoms with Crippen LogP contribution in [0.15, 0.2) is 60.8 Å². The number of carboxylic acids is 1. The molecule has 0 aliphatic heterocycles. The maximum Gasteiger partial charge on any atom is 0.341 e. The van der Waals surface area contributed by atoms with E-state index in [0.29, 0.717) is 5.75 Å². The van der Waals surface area contributed by atoms with Crippen molar-refractivity contribution in [3.05, 3.63) is 60.8 Å². The second-order valence-corrected chi connectivity index (χ2v) is 4.59. The molecule has 4 nitrogen and oxygen atoms in total. The van der Waals surface area contributed by atoms with E-state index < -0.39 is 5.97 Å². The lowest BCUT2D eigenvalue weighted by atomic mass is 10.0. The fourth-order valence-electron chi connectivity index (χ4n) is 2.21. The molecule has 0 bridgehead atoms. The fourth-order valence-corrected chi connectivity index (χ4v) is 2.21. The third kappa shape index (κ3) is 2.84. The maximum absolute atomic E-state index is 10.5. The van der Waals surface area contributed by atoms with Gasteiger partial charge in [-0.1, -0.05) is 36.4 Å². The minimum Gasteiger partial charge on any atom is -0.482 e. The number of hydrogen-bond donors (Lipinski definition) is 1. The summed E-state index contributed by atoms with van der Waals surface area (Å²) in [5, 5.41) is 9.68. The van der Waals surface area contributed by atoms with Crippen LogP contribution in [0.2, 0.25) is 0 Å². The highest BCUT2D eigenvalue weighted by Gasteiger charge is 2.05. The lowest BCUT2D eigenvalue weighted by Gasteiger charge is -2.07. The summed E-state index contributed by atoms with van der Waals surface area (Å²) in [6.45, 7) is -0.338. The summed E-state index contributed by atoms with van der Waals surface area (Å²) in [5.41, 5.74) is 3.00. The molecule has 0 radical (unpaired) electrons. The molecule has 0 spiro atoms. The smallest absolute Gasteiger partial charge is 0.341 e. The van der Waals surface area contributed by atoms with Crippen LogP contribution in [0.25, 0.3) is 22.0 Å². The minimum atomic E-state index is -0.989. The van der Waals surface area contributed by atoms with Crippen LogP contribution in [-0.2, 0) is 4.79 Å². The van der Waals surface area contributed by atoms with Crippen molar-refractivity contribution in [3.8, 4) is 16.9 Å². The topological polar surface area (TPSA) is 59.4 Å². The molecule has 0 saturated heterocycles. The summed E-state index contributed by atoms with van der Waals surface area (Å²) < 4.78 is 5.13. The van der Waals surface area contributed by atoms with Gasteiger partial charge in [0, 0.05) is 17.1 Å². The van der Waals surface area contributed by atoms with E-state index in [4.69, 9.17) is 9.84 Å². The average Bonchev–Trinajstić information content (AvgIpc) is 2.53. The first kappa shape index (κ1) is 13.1. The Balaban J connectivity index is 1.94. The predicted octanol–water partition coefficient (Wildman–Crippen LogP) is 3.37. The molecule has 0 amide bonds. The Morgan fingerprint density at radius 1 is 1.05 bits per heavy atom. The molecule has 4 heteroatoms. The Hall–Kier alpha value is -2.88. The molecule has 0 saturated carbocycles. The number of aromatic nitrogens is 1. The lowest BCUT2D eigenvalue weighted by Crippen LogP contribution is -2.09. The first-order chi connectivity index (χ1) is 10.2. The van der Waals surface area contributed by atoms with Crippen LogP contribution in [0.1, 0.15) is 0 Å². The molecule has 21 heavy (non-hydrogen) atoms. The molecule has 104 valence electrons. The van der Waals surface area contributed by atoms with E-state index in [-0.39, 0.29) is 6.61 Å². The van der Waals surface area contributed by atoms with Crippen LogP contribution >= 0.6 is 0 Å². The zero-order valence-electron chi connectivity index (χ0n) is 11.2. The summed E-state index contributed by atoms with van der Waals surface area (Å²) >= 11 is 0. The first-order valence-electron chi connectivity index (χ1n) is 6.53. The number of hydrogen-bond acceptors (Lipinski definition) is 3. The molecule has 1 heterocycles. The van der Waals surface area contributed by atoms with Gasteiger partial charge in [0.1, 0.15) is 5.75 Å². The van der Waals surface area contributed by atoms with E-state index in [1.165, 1.54) is 0 Å². The number of para-hydroxylation sites is 1. The van der Waals surface area contributed by atoms with Crippen molar-refractivity contribution in [3.63, 3.8) is 0 Å². The summed E-state index contributed by atoms with van der Waals surface area (Å²) in [7, 11) is 0. The maximum atomic E-state index is 10.5. The van der Waals surface area contributed by atoms with Gasteiger partial charge in [-0.3, -0.25) is 4.98 Å². The second kappa shape index (κ2) is 5.63. The number of aliphatic carboxylic acids is 1. The highest BCUT2D eigenvalue weighted by atomic mass is 16.5. The second-order valence-electron chi connectivity index (χ2n) is 4.59. The molecule has 2 aromatic carbocycles. The average molecular weight is 279 g/mol. The Bertz CT molecular complexity index is 776. The molecule has 3 aromatic rings. The molecule has 0 fully saturated rings. The van der Waals surface area contributed by atoms with Crippen molar-refractivity contribution in [1.82, 2.24) is 4.98 Å². The van der Waals surface area contributed by atoms with E-state index in [2.05, 4.69) is 4.98 Å². The van der Waals surface area contributed by atoms with Crippen molar-refractivity contribution >= 4 is 16.9 Å². The van der Waals surface area contributed by atoms with Gasteiger partial charge in [0.05, 0.1) is 5.52 Å². The minimum absolute atomic E-state index is 0.338. The third-order valence-corrected chi connectivity index (χ3v) is 3.16. The highest BCUT2D eigenvalue weighted by Crippen LogP contribution is 2.28. The van der Waals surface area contributed by atoms with E-state index >= 15 is 0 Å². The van der Waals surface area contributed by atoms with Crippen LogP contribution in [0, 0.1) is 0 Å².